The van der Waals surface area contributed by atoms with E-state index in [1.165, 1.54) is 31.2 Å². The molecule has 1 N–H and O–H groups in total. The van der Waals surface area contributed by atoms with Crippen LogP contribution in [0.3, 0.4) is 0 Å². The summed E-state index contributed by atoms with van der Waals surface area (Å²) < 4.78 is 40.2. The summed E-state index contributed by atoms with van der Waals surface area (Å²) in [5.74, 6) is -0.233. The third-order valence-electron chi connectivity index (χ3n) is 3.49. The number of carbonyl (C=O) groups excluding carboxylic acids is 1. The minimum atomic E-state index is -4.71. The van der Waals surface area contributed by atoms with Gasteiger partial charge in [-0.15, -0.1) is 13.2 Å². The molecule has 0 fully saturated rings. The Morgan fingerprint density at radius 2 is 1.88 bits per heavy atom. The largest absolute Gasteiger partial charge is 0.573 e. The second-order valence-corrected chi connectivity index (χ2v) is 5.28. The summed E-state index contributed by atoms with van der Waals surface area (Å²) in [7, 11) is 1.72. The summed E-state index contributed by atoms with van der Waals surface area (Å²) in [6.07, 6.45) is -2.53. The number of rotatable bonds is 6. The van der Waals surface area contributed by atoms with Crippen molar-refractivity contribution in [2.75, 3.05) is 7.05 Å². The molecule has 1 aromatic carbocycles. The number of halogens is 3. The van der Waals surface area contributed by atoms with Crippen molar-refractivity contribution < 1.29 is 22.7 Å². The van der Waals surface area contributed by atoms with Gasteiger partial charge in [-0.3, -0.25) is 9.78 Å². The molecule has 0 bridgehead atoms. The summed E-state index contributed by atoms with van der Waals surface area (Å²) >= 11 is 0. The van der Waals surface area contributed by atoms with Gasteiger partial charge in [0.05, 0.1) is 11.7 Å². The molecule has 1 aromatic heterocycles. The predicted molar refractivity (Wildman–Crippen MR) is 83.6 cm³/mol. The minimum Gasteiger partial charge on any atom is -0.406 e. The molecule has 2 rings (SSSR count). The third kappa shape index (κ3) is 5.06. The molecule has 0 aliphatic carbocycles. The van der Waals surface area contributed by atoms with Crippen LogP contribution in [0.1, 0.15) is 12.5 Å². The lowest BCUT2D eigenvalue weighted by atomic mass is 10.0. The highest BCUT2D eigenvalue weighted by Gasteiger charge is 2.30. The number of ether oxygens (including phenoxy) is 1. The summed E-state index contributed by atoms with van der Waals surface area (Å²) in [6, 6.07) is 8.84. The van der Waals surface area contributed by atoms with Crippen LogP contribution in [0.15, 0.2) is 42.6 Å². The summed E-state index contributed by atoms with van der Waals surface area (Å²) in [4.78, 5) is 15.7. The van der Waals surface area contributed by atoms with Gasteiger partial charge >= 0.3 is 6.36 Å². The van der Waals surface area contributed by atoms with Crippen LogP contribution >= 0.6 is 0 Å². The number of hydrogen-bond acceptors (Lipinski definition) is 4. The van der Waals surface area contributed by atoms with Gasteiger partial charge in [0, 0.05) is 11.8 Å². The van der Waals surface area contributed by atoms with Crippen LogP contribution in [-0.4, -0.2) is 30.2 Å². The Bertz CT molecular complexity index is 682. The van der Waals surface area contributed by atoms with Crippen molar-refractivity contribution in [1.82, 2.24) is 10.3 Å². The minimum absolute atomic E-state index is 0.0434. The topological polar surface area (TPSA) is 51.2 Å². The number of benzene rings is 1. The lowest BCUT2D eigenvalue weighted by Crippen LogP contribution is -2.34. The summed E-state index contributed by atoms with van der Waals surface area (Å²) in [5.41, 5.74) is 2.19. The molecule has 2 aromatic rings. The third-order valence-corrected chi connectivity index (χ3v) is 3.49. The Labute approximate surface area is 137 Å². The van der Waals surface area contributed by atoms with Gasteiger partial charge in [0.1, 0.15) is 11.5 Å². The SMILES string of the molecule is CN[C@@H](Cc1ccc(-c2ccc(OC(F)(F)F)cc2)nc1)C(C)=O. The zero-order chi connectivity index (χ0) is 17.7. The molecule has 0 aliphatic heterocycles. The van der Waals surface area contributed by atoms with E-state index >= 15 is 0 Å². The maximum Gasteiger partial charge on any atom is 0.573 e. The van der Waals surface area contributed by atoms with Crippen LogP contribution in [0.2, 0.25) is 0 Å². The molecule has 1 atom stereocenters. The predicted octanol–water partition coefficient (Wildman–Crippen LogP) is 3.37. The molecule has 0 saturated carbocycles. The maximum absolute atomic E-state index is 12.1. The van der Waals surface area contributed by atoms with E-state index in [0.717, 1.165) is 5.56 Å². The molecule has 1 heterocycles. The molecule has 0 unspecified atom stereocenters. The molecule has 0 amide bonds. The highest BCUT2D eigenvalue weighted by atomic mass is 19.4. The van der Waals surface area contributed by atoms with E-state index in [0.29, 0.717) is 17.7 Å². The number of pyridine rings is 1. The fraction of sp³-hybridized carbons (Fsp3) is 0.294. The van der Waals surface area contributed by atoms with Crippen molar-refractivity contribution in [2.24, 2.45) is 0 Å². The van der Waals surface area contributed by atoms with Crippen LogP contribution < -0.4 is 10.1 Å². The molecule has 0 radical (unpaired) electrons. The van der Waals surface area contributed by atoms with Crippen LogP contribution in [0.5, 0.6) is 5.75 Å². The lowest BCUT2D eigenvalue weighted by Gasteiger charge is -2.12. The molecular weight excluding hydrogens is 321 g/mol. The van der Waals surface area contributed by atoms with Crippen molar-refractivity contribution >= 4 is 5.78 Å². The molecule has 7 heteroatoms. The molecular formula is C17H17F3N2O2. The van der Waals surface area contributed by atoms with Crippen LogP contribution in [0.4, 0.5) is 13.2 Å². The zero-order valence-electron chi connectivity index (χ0n) is 13.2. The number of nitrogens with zero attached hydrogens (tertiary/aromatic N) is 1. The Balaban J connectivity index is 2.09. The average Bonchev–Trinajstić information content (AvgIpc) is 2.52. The van der Waals surface area contributed by atoms with E-state index in [-0.39, 0.29) is 17.6 Å². The van der Waals surface area contributed by atoms with Gasteiger partial charge < -0.3 is 10.1 Å². The Morgan fingerprint density at radius 3 is 2.33 bits per heavy atom. The van der Waals surface area contributed by atoms with E-state index in [4.69, 9.17) is 0 Å². The highest BCUT2D eigenvalue weighted by molar-refractivity contribution is 5.81. The lowest BCUT2D eigenvalue weighted by molar-refractivity contribution is -0.274. The first kappa shape index (κ1) is 17.9. The number of aromatic nitrogens is 1. The molecule has 0 spiro atoms. The second kappa shape index (κ2) is 7.44. The Kier molecular flexibility index (Phi) is 5.56. The number of likely N-dealkylation sites (N-methyl/N-ethyl adjacent to an activating group) is 1. The molecule has 0 saturated heterocycles. The first-order valence-corrected chi connectivity index (χ1v) is 7.27. The van der Waals surface area contributed by atoms with Crippen molar-refractivity contribution in [3.63, 3.8) is 0 Å². The second-order valence-electron chi connectivity index (χ2n) is 5.28. The first-order chi connectivity index (χ1) is 11.3. The molecule has 4 nitrogen and oxygen atoms in total. The van der Waals surface area contributed by atoms with Gasteiger partial charge in [-0.2, -0.15) is 0 Å². The normalized spacial score (nSPS) is 12.7. The Morgan fingerprint density at radius 1 is 1.21 bits per heavy atom. The van der Waals surface area contributed by atoms with Crippen LogP contribution in [0, 0.1) is 0 Å². The monoisotopic (exact) mass is 338 g/mol. The van der Waals surface area contributed by atoms with Crippen molar-refractivity contribution in [1.29, 1.82) is 0 Å². The standard InChI is InChI=1S/C17H17F3N2O2/c1-11(23)16(21-2)9-12-3-8-15(22-10-12)13-4-6-14(7-5-13)24-17(18,19)20/h3-8,10,16,21H,9H2,1-2H3/t16-/m0/s1. The van der Waals surface area contributed by atoms with Crippen LogP contribution in [-0.2, 0) is 11.2 Å². The van der Waals surface area contributed by atoms with Gasteiger partial charge in [0.2, 0.25) is 0 Å². The quantitative estimate of drug-likeness (QED) is 0.877. The smallest absolute Gasteiger partial charge is 0.406 e. The number of nitrogens with one attached hydrogen (secondary N) is 1. The van der Waals surface area contributed by atoms with E-state index in [1.54, 1.807) is 19.3 Å². The summed E-state index contributed by atoms with van der Waals surface area (Å²) in [6.45, 7) is 1.52. The van der Waals surface area contributed by atoms with Crippen molar-refractivity contribution in [3.8, 4) is 17.0 Å². The van der Waals surface area contributed by atoms with E-state index in [9.17, 15) is 18.0 Å². The molecule has 0 aliphatic rings. The number of ketones is 1. The fourth-order valence-corrected chi connectivity index (χ4v) is 2.23. The van der Waals surface area contributed by atoms with Gasteiger partial charge in [0.15, 0.2) is 0 Å². The van der Waals surface area contributed by atoms with E-state index in [1.807, 2.05) is 6.07 Å². The van der Waals surface area contributed by atoms with E-state index in [2.05, 4.69) is 15.0 Å². The number of hydrogen-bond donors (Lipinski definition) is 1. The van der Waals surface area contributed by atoms with Gasteiger partial charge in [-0.25, -0.2) is 0 Å². The number of Topliss-reactive ketones (excluding diaryl/α,β-unsaturated/α-hetero) is 1. The highest BCUT2D eigenvalue weighted by Crippen LogP contribution is 2.25. The maximum atomic E-state index is 12.1. The zero-order valence-corrected chi connectivity index (χ0v) is 13.2. The van der Waals surface area contributed by atoms with Crippen molar-refractivity contribution in [3.05, 3.63) is 48.2 Å². The number of alkyl halides is 3. The van der Waals surface area contributed by atoms with Crippen LogP contribution in [0.25, 0.3) is 11.3 Å². The average molecular weight is 338 g/mol. The first-order valence-electron chi connectivity index (χ1n) is 7.27. The molecule has 128 valence electrons. The van der Waals surface area contributed by atoms with Gasteiger partial charge in [-0.1, -0.05) is 6.07 Å². The number of carbonyl (C=O) groups is 1. The Hall–Kier alpha value is -2.41. The van der Waals surface area contributed by atoms with Crippen molar-refractivity contribution in [2.45, 2.75) is 25.7 Å². The van der Waals surface area contributed by atoms with Gasteiger partial charge in [-0.05, 0) is 56.3 Å². The fourth-order valence-electron chi connectivity index (χ4n) is 2.23. The van der Waals surface area contributed by atoms with E-state index < -0.39 is 6.36 Å². The summed E-state index contributed by atoms with van der Waals surface area (Å²) in [5, 5.41) is 2.94. The van der Waals surface area contributed by atoms with Gasteiger partial charge in [0.25, 0.3) is 0 Å². The molecule has 24 heavy (non-hydrogen) atoms.